The number of benzene rings is 2. The van der Waals surface area contributed by atoms with E-state index in [1.54, 1.807) is 18.2 Å². The van der Waals surface area contributed by atoms with Gasteiger partial charge in [0, 0.05) is 24.4 Å². The van der Waals surface area contributed by atoms with Crippen LogP contribution < -0.4 is 16.2 Å². The number of rotatable bonds is 6. The van der Waals surface area contributed by atoms with E-state index in [9.17, 15) is 9.59 Å². The third-order valence-corrected chi connectivity index (χ3v) is 6.44. The van der Waals surface area contributed by atoms with Crippen molar-refractivity contribution in [3.63, 3.8) is 0 Å². The number of nitrogens with zero attached hydrogens (tertiary/aromatic N) is 3. The number of carbonyl (C=O) groups excluding carboxylic acids is 1. The van der Waals surface area contributed by atoms with Gasteiger partial charge in [-0.25, -0.2) is 4.98 Å². The number of fused-ring (bicyclic) bond motifs is 2. The topological polar surface area (TPSA) is 97.6 Å². The first-order chi connectivity index (χ1) is 15.6. The van der Waals surface area contributed by atoms with Crippen LogP contribution in [0.15, 0.2) is 47.3 Å². The molecule has 0 unspecified atom stereocenters. The molecule has 1 fully saturated rings. The van der Waals surface area contributed by atoms with E-state index in [4.69, 9.17) is 4.74 Å². The quantitative estimate of drug-likeness (QED) is 0.467. The smallest absolute Gasteiger partial charge is 0.283 e. The molecule has 0 bridgehead atoms. The minimum Gasteiger partial charge on any atom is -0.376 e. The zero-order valence-corrected chi connectivity index (χ0v) is 18.4. The third-order valence-electron chi connectivity index (χ3n) is 5.61. The number of anilines is 2. The number of para-hydroxylation sites is 1. The summed E-state index contributed by atoms with van der Waals surface area (Å²) in [7, 11) is 0. The molecule has 0 saturated carbocycles. The molecule has 4 aromatic rings. The molecule has 2 aromatic heterocycles. The maximum Gasteiger partial charge on any atom is 0.283 e. The number of aromatic nitrogens is 3. The van der Waals surface area contributed by atoms with E-state index in [1.165, 1.54) is 15.9 Å². The van der Waals surface area contributed by atoms with Gasteiger partial charge in [0.1, 0.15) is 0 Å². The van der Waals surface area contributed by atoms with Gasteiger partial charge in [-0.3, -0.25) is 9.59 Å². The minimum absolute atomic E-state index is 0.0720. The average Bonchev–Trinajstić information content (AvgIpc) is 3.47. The monoisotopic (exact) mass is 449 g/mol. The lowest BCUT2D eigenvalue weighted by Gasteiger charge is -2.11. The van der Waals surface area contributed by atoms with Crippen molar-refractivity contribution in [2.75, 3.05) is 18.5 Å². The van der Waals surface area contributed by atoms with Gasteiger partial charge >= 0.3 is 0 Å². The number of aryl methyl sites for hydroxylation is 1. The average molecular weight is 450 g/mol. The van der Waals surface area contributed by atoms with Crippen LogP contribution in [0.2, 0.25) is 0 Å². The Morgan fingerprint density at radius 2 is 2.16 bits per heavy atom. The van der Waals surface area contributed by atoms with Gasteiger partial charge in [0.25, 0.3) is 11.5 Å². The normalized spacial score (nSPS) is 16.0. The summed E-state index contributed by atoms with van der Waals surface area (Å²) in [4.78, 5) is 30.6. The summed E-state index contributed by atoms with van der Waals surface area (Å²) < 4.78 is 6.86. The van der Waals surface area contributed by atoms with Crippen molar-refractivity contribution >= 4 is 43.9 Å². The highest BCUT2D eigenvalue weighted by Gasteiger charge is 2.18. The standard InChI is InChI=1S/C23H23N5O3S/c1-2-14-6-3-4-8-18(14)25-22-27-28-21(30)17-10-9-15(12-19(17)26-23(28)32-22)20(29)24-13-16-7-5-11-31-16/h3-4,6,8-10,12,16H,2,5,7,11,13H2,1H3,(H,24,29)(H,25,27)/t16-/m1/s1. The summed E-state index contributed by atoms with van der Waals surface area (Å²) in [5.74, 6) is -0.202. The van der Waals surface area contributed by atoms with E-state index in [0.717, 1.165) is 37.1 Å². The van der Waals surface area contributed by atoms with Gasteiger partial charge < -0.3 is 15.4 Å². The molecule has 0 spiro atoms. The summed E-state index contributed by atoms with van der Waals surface area (Å²) in [5, 5.41) is 11.6. The largest absolute Gasteiger partial charge is 0.376 e. The van der Waals surface area contributed by atoms with Gasteiger partial charge in [0.15, 0.2) is 0 Å². The molecule has 5 rings (SSSR count). The number of hydrogen-bond donors (Lipinski definition) is 2. The highest BCUT2D eigenvalue weighted by Crippen LogP contribution is 2.25. The predicted molar refractivity (Wildman–Crippen MR) is 125 cm³/mol. The zero-order chi connectivity index (χ0) is 22.1. The number of amides is 1. The molecule has 32 heavy (non-hydrogen) atoms. The van der Waals surface area contributed by atoms with Crippen LogP contribution in [0.4, 0.5) is 10.8 Å². The van der Waals surface area contributed by atoms with Crippen LogP contribution in [-0.2, 0) is 11.2 Å². The number of ether oxygens (including phenoxy) is 1. The van der Waals surface area contributed by atoms with E-state index in [0.29, 0.717) is 33.1 Å². The summed E-state index contributed by atoms with van der Waals surface area (Å²) in [6.07, 6.45) is 2.94. The van der Waals surface area contributed by atoms with Gasteiger partial charge in [-0.05, 0) is 49.1 Å². The Morgan fingerprint density at radius 1 is 1.28 bits per heavy atom. The fourth-order valence-corrected chi connectivity index (χ4v) is 4.69. The highest BCUT2D eigenvalue weighted by molar-refractivity contribution is 7.20. The summed E-state index contributed by atoms with van der Waals surface area (Å²) in [6, 6.07) is 12.9. The number of hydrogen-bond acceptors (Lipinski definition) is 7. The molecule has 2 N–H and O–H groups in total. The maximum atomic E-state index is 13.0. The van der Waals surface area contributed by atoms with E-state index >= 15 is 0 Å². The molecule has 1 aliphatic rings. The van der Waals surface area contributed by atoms with Crippen molar-refractivity contribution < 1.29 is 9.53 Å². The Hall–Kier alpha value is -3.30. The Labute approximate surface area is 188 Å². The van der Waals surface area contributed by atoms with Gasteiger partial charge in [-0.1, -0.05) is 36.5 Å². The SMILES string of the molecule is CCc1ccccc1Nc1nn2c(=O)c3ccc(C(=O)NC[C@H]4CCCO4)cc3nc2s1. The van der Waals surface area contributed by atoms with E-state index < -0.39 is 0 Å². The highest BCUT2D eigenvalue weighted by atomic mass is 32.1. The van der Waals surface area contributed by atoms with Crippen LogP contribution in [0, 0.1) is 0 Å². The van der Waals surface area contributed by atoms with Crippen molar-refractivity contribution in [2.45, 2.75) is 32.3 Å². The predicted octanol–water partition coefficient (Wildman–Crippen LogP) is 3.52. The molecule has 0 radical (unpaired) electrons. The summed E-state index contributed by atoms with van der Waals surface area (Å²) in [5.41, 5.74) is 2.80. The molecule has 2 aromatic carbocycles. The van der Waals surface area contributed by atoms with Gasteiger partial charge in [0.2, 0.25) is 10.1 Å². The first-order valence-electron chi connectivity index (χ1n) is 10.7. The second-order valence-corrected chi connectivity index (χ2v) is 8.69. The van der Waals surface area contributed by atoms with Crippen molar-refractivity contribution in [1.82, 2.24) is 19.9 Å². The second-order valence-electron chi connectivity index (χ2n) is 7.73. The zero-order valence-electron chi connectivity index (χ0n) is 17.6. The number of nitrogens with one attached hydrogen (secondary N) is 2. The Bertz CT molecular complexity index is 1360. The fourth-order valence-electron chi connectivity index (χ4n) is 3.88. The molecule has 1 saturated heterocycles. The van der Waals surface area contributed by atoms with Crippen LogP contribution in [0.5, 0.6) is 0 Å². The molecule has 0 aliphatic carbocycles. The minimum atomic E-state index is -0.260. The first kappa shape index (κ1) is 20.6. The molecular weight excluding hydrogens is 426 g/mol. The molecule has 8 nitrogen and oxygen atoms in total. The summed E-state index contributed by atoms with van der Waals surface area (Å²) in [6.45, 7) is 3.32. The lowest BCUT2D eigenvalue weighted by Crippen LogP contribution is -2.31. The van der Waals surface area contributed by atoms with E-state index in [1.807, 2.05) is 18.2 Å². The second kappa shape index (κ2) is 8.68. The fraction of sp³-hybridized carbons (Fsp3) is 0.304. The van der Waals surface area contributed by atoms with E-state index in [2.05, 4.69) is 33.7 Å². The van der Waals surface area contributed by atoms with Crippen LogP contribution in [0.3, 0.4) is 0 Å². The summed E-state index contributed by atoms with van der Waals surface area (Å²) >= 11 is 1.29. The molecule has 3 heterocycles. The first-order valence-corrected chi connectivity index (χ1v) is 11.5. The van der Waals surface area contributed by atoms with Crippen LogP contribution in [-0.4, -0.2) is 39.8 Å². The van der Waals surface area contributed by atoms with Crippen molar-refractivity contribution in [3.8, 4) is 0 Å². The lowest BCUT2D eigenvalue weighted by molar-refractivity contribution is 0.0858. The molecule has 1 aliphatic heterocycles. The molecule has 1 atom stereocenters. The van der Waals surface area contributed by atoms with Crippen LogP contribution in [0.1, 0.15) is 35.7 Å². The van der Waals surface area contributed by atoms with Crippen LogP contribution >= 0.6 is 11.3 Å². The Morgan fingerprint density at radius 3 is 2.97 bits per heavy atom. The van der Waals surface area contributed by atoms with Crippen molar-refractivity contribution in [3.05, 3.63) is 63.9 Å². The molecule has 164 valence electrons. The van der Waals surface area contributed by atoms with Crippen molar-refractivity contribution in [2.24, 2.45) is 0 Å². The third kappa shape index (κ3) is 3.96. The maximum absolute atomic E-state index is 13.0. The Kier molecular flexibility index (Phi) is 5.59. The molecule has 1 amide bonds. The van der Waals surface area contributed by atoms with Gasteiger partial charge in [0.05, 0.1) is 17.0 Å². The van der Waals surface area contributed by atoms with Gasteiger partial charge in [-0.2, -0.15) is 4.52 Å². The van der Waals surface area contributed by atoms with E-state index in [-0.39, 0.29) is 17.6 Å². The van der Waals surface area contributed by atoms with Crippen LogP contribution in [0.25, 0.3) is 15.9 Å². The number of carbonyl (C=O) groups is 1. The lowest BCUT2D eigenvalue weighted by atomic mass is 10.1. The van der Waals surface area contributed by atoms with Crippen molar-refractivity contribution in [1.29, 1.82) is 0 Å². The molecular formula is C23H23N5O3S. The van der Waals surface area contributed by atoms with Gasteiger partial charge in [-0.15, -0.1) is 5.10 Å². The molecule has 9 heteroatoms. The Balaban J connectivity index is 1.44.